The van der Waals surface area contributed by atoms with Crippen LogP contribution in [0, 0.1) is 0 Å². The molecule has 7 heteroatoms. The molecule has 108 valence electrons. The predicted octanol–water partition coefficient (Wildman–Crippen LogP) is 4.98. The van der Waals surface area contributed by atoms with Crippen LogP contribution in [0.15, 0.2) is 35.2 Å². The SMILES string of the molecule is CC(C)c1ccccc1NS(=O)(=O)c1cc(Cl)sc1Cl. The molecular weight excluding hydrogens is 337 g/mol. The Bertz CT molecular complexity index is 724. The van der Waals surface area contributed by atoms with Crippen LogP contribution in [-0.4, -0.2) is 8.42 Å². The van der Waals surface area contributed by atoms with Crippen LogP contribution in [0.4, 0.5) is 5.69 Å². The van der Waals surface area contributed by atoms with Crippen molar-refractivity contribution in [3.63, 3.8) is 0 Å². The number of halogens is 2. The van der Waals surface area contributed by atoms with Crippen LogP contribution in [0.1, 0.15) is 25.3 Å². The minimum atomic E-state index is -3.74. The molecule has 0 aliphatic rings. The molecule has 0 bridgehead atoms. The molecule has 0 radical (unpaired) electrons. The van der Waals surface area contributed by atoms with Crippen molar-refractivity contribution in [1.82, 2.24) is 0 Å². The van der Waals surface area contributed by atoms with Gasteiger partial charge in [-0.15, -0.1) is 11.3 Å². The molecule has 1 aromatic heterocycles. The fraction of sp³-hybridized carbons (Fsp3) is 0.231. The quantitative estimate of drug-likeness (QED) is 0.845. The van der Waals surface area contributed by atoms with Gasteiger partial charge in [-0.1, -0.05) is 55.2 Å². The van der Waals surface area contributed by atoms with E-state index in [2.05, 4.69) is 4.72 Å². The summed E-state index contributed by atoms with van der Waals surface area (Å²) in [7, 11) is -3.74. The molecule has 20 heavy (non-hydrogen) atoms. The number of hydrogen-bond donors (Lipinski definition) is 1. The fourth-order valence-electron chi connectivity index (χ4n) is 1.80. The average molecular weight is 350 g/mol. The third kappa shape index (κ3) is 3.28. The molecule has 0 spiro atoms. The van der Waals surface area contributed by atoms with E-state index in [0.29, 0.717) is 10.0 Å². The minimum absolute atomic E-state index is 0.00715. The van der Waals surface area contributed by atoms with Crippen molar-refractivity contribution in [3.8, 4) is 0 Å². The van der Waals surface area contributed by atoms with E-state index in [-0.39, 0.29) is 15.1 Å². The Morgan fingerprint density at radius 3 is 2.40 bits per heavy atom. The fourth-order valence-corrected chi connectivity index (χ4v) is 5.04. The van der Waals surface area contributed by atoms with Crippen molar-refractivity contribution in [2.75, 3.05) is 4.72 Å². The summed E-state index contributed by atoms with van der Waals surface area (Å²) in [5, 5.41) is 0. The lowest BCUT2D eigenvalue weighted by atomic mass is 10.0. The van der Waals surface area contributed by atoms with Gasteiger partial charge in [0.15, 0.2) is 0 Å². The third-order valence-electron chi connectivity index (χ3n) is 2.74. The zero-order valence-corrected chi connectivity index (χ0v) is 14.0. The van der Waals surface area contributed by atoms with E-state index >= 15 is 0 Å². The smallest absolute Gasteiger partial charge is 0.264 e. The molecule has 0 aliphatic carbocycles. The van der Waals surface area contributed by atoms with Crippen LogP contribution in [0.25, 0.3) is 0 Å². The lowest BCUT2D eigenvalue weighted by molar-refractivity contribution is 0.601. The van der Waals surface area contributed by atoms with Crippen molar-refractivity contribution < 1.29 is 8.42 Å². The van der Waals surface area contributed by atoms with Gasteiger partial charge in [0.1, 0.15) is 9.23 Å². The highest BCUT2D eigenvalue weighted by molar-refractivity contribution is 7.93. The van der Waals surface area contributed by atoms with Gasteiger partial charge in [0.2, 0.25) is 0 Å². The van der Waals surface area contributed by atoms with Crippen molar-refractivity contribution in [3.05, 3.63) is 44.6 Å². The lowest BCUT2D eigenvalue weighted by Gasteiger charge is -2.14. The Morgan fingerprint density at radius 1 is 1.20 bits per heavy atom. The Labute approximate surface area is 132 Å². The molecular formula is C13H13Cl2NO2S2. The number of rotatable bonds is 4. The monoisotopic (exact) mass is 349 g/mol. The maximum absolute atomic E-state index is 12.4. The Hall–Kier alpha value is -0.750. The van der Waals surface area contributed by atoms with Crippen LogP contribution < -0.4 is 4.72 Å². The van der Waals surface area contributed by atoms with Gasteiger partial charge in [-0.2, -0.15) is 0 Å². The number of sulfonamides is 1. The number of nitrogens with one attached hydrogen (secondary N) is 1. The summed E-state index contributed by atoms with van der Waals surface area (Å²) in [5.74, 6) is 0.204. The first-order chi connectivity index (χ1) is 9.31. The molecule has 0 saturated heterocycles. The predicted molar refractivity (Wildman–Crippen MR) is 85.7 cm³/mol. The van der Waals surface area contributed by atoms with Crippen LogP contribution >= 0.6 is 34.5 Å². The normalized spacial score (nSPS) is 11.8. The molecule has 0 amide bonds. The highest BCUT2D eigenvalue weighted by Gasteiger charge is 2.22. The standard InChI is InChI=1S/C13H13Cl2NO2S2/c1-8(2)9-5-3-4-6-10(9)16-20(17,18)11-7-12(14)19-13(11)15/h3-8,16H,1-2H3. The topological polar surface area (TPSA) is 46.2 Å². The van der Waals surface area contributed by atoms with E-state index in [1.165, 1.54) is 6.07 Å². The largest absolute Gasteiger partial charge is 0.279 e. The summed E-state index contributed by atoms with van der Waals surface area (Å²) in [4.78, 5) is 0.00715. The second-order valence-corrected chi connectivity index (χ2v) is 8.47. The molecule has 1 heterocycles. The number of para-hydroxylation sites is 1. The molecule has 0 fully saturated rings. The highest BCUT2D eigenvalue weighted by atomic mass is 35.5. The summed E-state index contributed by atoms with van der Waals surface area (Å²) < 4.78 is 27.8. The molecule has 2 rings (SSSR count). The Morgan fingerprint density at radius 2 is 1.85 bits per heavy atom. The summed E-state index contributed by atoms with van der Waals surface area (Å²) in [5.41, 5.74) is 1.48. The van der Waals surface area contributed by atoms with Crippen molar-refractivity contribution >= 4 is 50.2 Å². The second-order valence-electron chi connectivity index (χ2n) is 4.54. The maximum atomic E-state index is 12.4. The number of hydrogen-bond acceptors (Lipinski definition) is 3. The van der Waals surface area contributed by atoms with Crippen molar-refractivity contribution in [1.29, 1.82) is 0 Å². The molecule has 2 aromatic rings. The zero-order valence-electron chi connectivity index (χ0n) is 10.9. The van der Waals surface area contributed by atoms with Crippen LogP contribution in [-0.2, 0) is 10.0 Å². The van der Waals surface area contributed by atoms with Gasteiger partial charge < -0.3 is 0 Å². The van der Waals surface area contributed by atoms with Gasteiger partial charge in [0.25, 0.3) is 10.0 Å². The first kappa shape index (κ1) is 15.6. The molecule has 1 N–H and O–H groups in total. The van der Waals surface area contributed by atoms with Crippen LogP contribution in [0.2, 0.25) is 8.67 Å². The van der Waals surface area contributed by atoms with E-state index in [9.17, 15) is 8.42 Å². The summed E-state index contributed by atoms with van der Waals surface area (Å²) in [6.07, 6.45) is 0. The minimum Gasteiger partial charge on any atom is -0.279 e. The Balaban J connectivity index is 2.41. The summed E-state index contributed by atoms with van der Waals surface area (Å²) >= 11 is 12.7. The molecule has 0 saturated carbocycles. The van der Waals surface area contributed by atoms with Gasteiger partial charge in [-0.3, -0.25) is 4.72 Å². The van der Waals surface area contributed by atoms with Crippen LogP contribution in [0.3, 0.4) is 0 Å². The van der Waals surface area contributed by atoms with Crippen molar-refractivity contribution in [2.45, 2.75) is 24.7 Å². The summed E-state index contributed by atoms with van der Waals surface area (Å²) in [6.45, 7) is 4.00. The lowest BCUT2D eigenvalue weighted by Crippen LogP contribution is -2.14. The van der Waals surface area contributed by atoms with E-state index in [1.807, 2.05) is 26.0 Å². The molecule has 0 atom stereocenters. The second kappa shape index (κ2) is 5.93. The van der Waals surface area contributed by atoms with Gasteiger partial charge in [0, 0.05) is 0 Å². The average Bonchev–Trinajstić information content (AvgIpc) is 2.69. The number of anilines is 1. The Kier molecular flexibility index (Phi) is 4.64. The van der Waals surface area contributed by atoms with Gasteiger partial charge in [0.05, 0.1) is 10.0 Å². The van der Waals surface area contributed by atoms with E-state index < -0.39 is 10.0 Å². The highest BCUT2D eigenvalue weighted by Crippen LogP contribution is 2.35. The number of benzene rings is 1. The first-order valence-electron chi connectivity index (χ1n) is 5.88. The van der Waals surface area contributed by atoms with E-state index in [4.69, 9.17) is 23.2 Å². The van der Waals surface area contributed by atoms with Crippen molar-refractivity contribution in [2.24, 2.45) is 0 Å². The van der Waals surface area contributed by atoms with Crippen LogP contribution in [0.5, 0.6) is 0 Å². The van der Waals surface area contributed by atoms with Gasteiger partial charge in [-0.05, 0) is 23.6 Å². The molecule has 1 aromatic carbocycles. The van der Waals surface area contributed by atoms with Gasteiger partial charge >= 0.3 is 0 Å². The maximum Gasteiger partial charge on any atom is 0.264 e. The third-order valence-corrected chi connectivity index (χ3v) is 5.86. The molecule has 0 aliphatic heterocycles. The number of thiophene rings is 1. The van der Waals surface area contributed by atoms with Gasteiger partial charge in [-0.25, -0.2) is 8.42 Å². The summed E-state index contributed by atoms with van der Waals surface area (Å²) in [6, 6.07) is 8.64. The first-order valence-corrected chi connectivity index (χ1v) is 8.93. The zero-order chi connectivity index (χ0) is 14.9. The van der Waals surface area contributed by atoms with E-state index in [1.54, 1.807) is 12.1 Å². The molecule has 3 nitrogen and oxygen atoms in total. The molecule has 0 unspecified atom stereocenters. The van der Waals surface area contributed by atoms with E-state index in [0.717, 1.165) is 16.9 Å².